The molecule has 2 N–H and O–H groups in total. The fourth-order valence-corrected chi connectivity index (χ4v) is 2.81. The van der Waals surface area contributed by atoms with Crippen LogP contribution < -0.4 is 10.6 Å². The van der Waals surface area contributed by atoms with Crippen LogP contribution in [-0.4, -0.2) is 18.6 Å². The van der Waals surface area contributed by atoms with E-state index in [-0.39, 0.29) is 0 Å². The summed E-state index contributed by atoms with van der Waals surface area (Å²) in [6, 6.07) is 8.57. The SMILES string of the molecule is CC(CC1CCCCN1)Nc1ccc(C#N)c(Cl)c1. The van der Waals surface area contributed by atoms with Gasteiger partial charge in [0.15, 0.2) is 0 Å². The zero-order valence-electron chi connectivity index (χ0n) is 11.2. The van der Waals surface area contributed by atoms with Crippen molar-refractivity contribution in [2.45, 2.75) is 44.7 Å². The summed E-state index contributed by atoms with van der Waals surface area (Å²) in [5.41, 5.74) is 1.50. The molecule has 2 atom stereocenters. The molecular weight excluding hydrogens is 258 g/mol. The highest BCUT2D eigenvalue weighted by Gasteiger charge is 2.15. The Bertz CT molecular complexity index is 461. The number of benzene rings is 1. The molecule has 0 aromatic heterocycles. The van der Waals surface area contributed by atoms with Gasteiger partial charge in [0.25, 0.3) is 0 Å². The molecule has 0 radical (unpaired) electrons. The smallest absolute Gasteiger partial charge is 0.101 e. The highest BCUT2D eigenvalue weighted by molar-refractivity contribution is 6.32. The molecule has 1 aromatic carbocycles. The summed E-state index contributed by atoms with van der Waals surface area (Å²) < 4.78 is 0. The molecule has 102 valence electrons. The largest absolute Gasteiger partial charge is 0.382 e. The summed E-state index contributed by atoms with van der Waals surface area (Å²) in [6.07, 6.45) is 4.99. The van der Waals surface area contributed by atoms with Gasteiger partial charge in [0.2, 0.25) is 0 Å². The van der Waals surface area contributed by atoms with Gasteiger partial charge in [-0.1, -0.05) is 18.0 Å². The molecule has 2 rings (SSSR count). The van der Waals surface area contributed by atoms with Crippen LogP contribution in [0.1, 0.15) is 38.2 Å². The summed E-state index contributed by atoms with van der Waals surface area (Å²) in [5, 5.41) is 16.4. The third-order valence-corrected chi connectivity index (χ3v) is 3.87. The first-order valence-corrected chi connectivity index (χ1v) is 7.26. The van der Waals surface area contributed by atoms with Crippen LogP contribution in [0.2, 0.25) is 5.02 Å². The Balaban J connectivity index is 1.89. The molecule has 0 amide bonds. The Morgan fingerprint density at radius 1 is 1.53 bits per heavy atom. The van der Waals surface area contributed by atoms with Crippen LogP contribution in [0.4, 0.5) is 5.69 Å². The third kappa shape index (κ3) is 4.12. The van der Waals surface area contributed by atoms with Crippen molar-refractivity contribution in [3.8, 4) is 6.07 Å². The molecule has 1 aliphatic heterocycles. The van der Waals surface area contributed by atoms with Gasteiger partial charge in [-0.15, -0.1) is 0 Å². The maximum atomic E-state index is 8.84. The summed E-state index contributed by atoms with van der Waals surface area (Å²) in [6.45, 7) is 3.32. The summed E-state index contributed by atoms with van der Waals surface area (Å²) in [7, 11) is 0. The number of hydrogen-bond acceptors (Lipinski definition) is 3. The number of anilines is 1. The van der Waals surface area contributed by atoms with Crippen molar-refractivity contribution in [1.82, 2.24) is 5.32 Å². The molecule has 0 aliphatic carbocycles. The van der Waals surface area contributed by atoms with Gasteiger partial charge in [0.05, 0.1) is 10.6 Å². The fraction of sp³-hybridized carbons (Fsp3) is 0.533. The van der Waals surface area contributed by atoms with Crippen molar-refractivity contribution in [3.63, 3.8) is 0 Å². The quantitative estimate of drug-likeness (QED) is 0.885. The van der Waals surface area contributed by atoms with Gasteiger partial charge < -0.3 is 10.6 Å². The Labute approximate surface area is 120 Å². The Hall–Kier alpha value is -1.24. The molecule has 0 spiro atoms. The molecule has 2 unspecified atom stereocenters. The van der Waals surface area contributed by atoms with Crippen LogP contribution in [0.15, 0.2) is 18.2 Å². The highest BCUT2D eigenvalue weighted by atomic mass is 35.5. The maximum Gasteiger partial charge on any atom is 0.101 e. The third-order valence-electron chi connectivity index (χ3n) is 3.55. The van der Waals surface area contributed by atoms with E-state index in [1.807, 2.05) is 12.1 Å². The van der Waals surface area contributed by atoms with Crippen LogP contribution in [0.5, 0.6) is 0 Å². The van der Waals surface area contributed by atoms with Gasteiger partial charge in [-0.3, -0.25) is 0 Å². The summed E-state index contributed by atoms with van der Waals surface area (Å²) in [4.78, 5) is 0. The first-order valence-electron chi connectivity index (χ1n) is 6.88. The van der Waals surface area contributed by atoms with Gasteiger partial charge in [-0.2, -0.15) is 5.26 Å². The van der Waals surface area contributed by atoms with Crippen LogP contribution in [0.3, 0.4) is 0 Å². The van der Waals surface area contributed by atoms with Crippen LogP contribution in [0, 0.1) is 11.3 Å². The lowest BCUT2D eigenvalue weighted by Crippen LogP contribution is -2.37. The average Bonchev–Trinajstić information content (AvgIpc) is 2.40. The lowest BCUT2D eigenvalue weighted by atomic mass is 9.98. The van der Waals surface area contributed by atoms with E-state index in [0.717, 1.165) is 18.7 Å². The topological polar surface area (TPSA) is 47.8 Å². The number of nitriles is 1. The van der Waals surface area contributed by atoms with Crippen LogP contribution >= 0.6 is 11.6 Å². The Morgan fingerprint density at radius 2 is 2.37 bits per heavy atom. The fourth-order valence-electron chi connectivity index (χ4n) is 2.59. The molecule has 1 aromatic rings. The van der Waals surface area contributed by atoms with Gasteiger partial charge >= 0.3 is 0 Å². The minimum absolute atomic E-state index is 0.389. The highest BCUT2D eigenvalue weighted by Crippen LogP contribution is 2.22. The van der Waals surface area contributed by atoms with Crippen LogP contribution in [0.25, 0.3) is 0 Å². The van der Waals surface area contributed by atoms with Gasteiger partial charge in [-0.25, -0.2) is 0 Å². The minimum atomic E-state index is 0.389. The summed E-state index contributed by atoms with van der Waals surface area (Å²) in [5.74, 6) is 0. The molecule has 19 heavy (non-hydrogen) atoms. The zero-order valence-corrected chi connectivity index (χ0v) is 12.0. The Kier molecular flexibility index (Phi) is 5.07. The second-order valence-corrected chi connectivity index (χ2v) is 5.64. The molecule has 1 aliphatic rings. The van der Waals surface area contributed by atoms with Crippen molar-refractivity contribution < 1.29 is 0 Å². The van der Waals surface area contributed by atoms with E-state index in [1.54, 1.807) is 6.07 Å². The van der Waals surface area contributed by atoms with E-state index < -0.39 is 0 Å². The van der Waals surface area contributed by atoms with E-state index in [2.05, 4.69) is 23.6 Å². The monoisotopic (exact) mass is 277 g/mol. The van der Waals surface area contributed by atoms with Crippen LogP contribution in [-0.2, 0) is 0 Å². The maximum absolute atomic E-state index is 8.84. The van der Waals surface area contributed by atoms with Crippen molar-refractivity contribution in [2.24, 2.45) is 0 Å². The van der Waals surface area contributed by atoms with Gasteiger partial charge in [0, 0.05) is 17.8 Å². The lowest BCUT2D eigenvalue weighted by molar-refractivity contribution is 0.371. The standard InChI is InChI=1S/C15H20ClN3/c1-11(8-13-4-2-3-7-18-13)19-14-6-5-12(10-17)15(16)9-14/h5-6,9,11,13,18-19H,2-4,7-8H2,1H3. The lowest BCUT2D eigenvalue weighted by Gasteiger charge is -2.27. The second kappa shape index (κ2) is 6.79. The minimum Gasteiger partial charge on any atom is -0.382 e. The van der Waals surface area contributed by atoms with Gasteiger partial charge in [-0.05, 0) is 50.9 Å². The zero-order chi connectivity index (χ0) is 13.7. The van der Waals surface area contributed by atoms with E-state index in [0.29, 0.717) is 22.7 Å². The van der Waals surface area contributed by atoms with E-state index >= 15 is 0 Å². The van der Waals surface area contributed by atoms with E-state index in [4.69, 9.17) is 16.9 Å². The molecule has 0 saturated carbocycles. The average molecular weight is 278 g/mol. The van der Waals surface area contributed by atoms with Gasteiger partial charge in [0.1, 0.15) is 6.07 Å². The number of nitrogens with one attached hydrogen (secondary N) is 2. The molecule has 4 heteroatoms. The van der Waals surface area contributed by atoms with Crippen molar-refractivity contribution in [2.75, 3.05) is 11.9 Å². The first-order chi connectivity index (χ1) is 9.19. The van der Waals surface area contributed by atoms with Crippen molar-refractivity contribution in [1.29, 1.82) is 5.26 Å². The predicted octanol–water partition coefficient (Wildman–Crippen LogP) is 3.54. The number of nitrogens with zero attached hydrogens (tertiary/aromatic N) is 1. The number of hydrogen-bond donors (Lipinski definition) is 2. The molecule has 0 bridgehead atoms. The molecule has 1 heterocycles. The molecular formula is C15H20ClN3. The van der Waals surface area contributed by atoms with Crippen molar-refractivity contribution in [3.05, 3.63) is 28.8 Å². The summed E-state index contributed by atoms with van der Waals surface area (Å²) >= 11 is 6.03. The number of rotatable bonds is 4. The number of piperidine rings is 1. The van der Waals surface area contributed by atoms with Crippen molar-refractivity contribution >= 4 is 17.3 Å². The van der Waals surface area contributed by atoms with E-state index in [9.17, 15) is 0 Å². The predicted molar refractivity (Wildman–Crippen MR) is 79.5 cm³/mol. The first kappa shape index (κ1) is 14.2. The van der Waals surface area contributed by atoms with E-state index in [1.165, 1.54) is 19.3 Å². The Morgan fingerprint density at radius 3 is 3.00 bits per heavy atom. The molecule has 1 saturated heterocycles. The molecule has 3 nitrogen and oxygen atoms in total. The molecule has 1 fully saturated rings. The second-order valence-electron chi connectivity index (χ2n) is 5.23. The number of halogens is 1. The normalized spacial score (nSPS) is 20.6.